The Morgan fingerprint density at radius 3 is 2.43 bits per heavy atom. The van der Waals surface area contributed by atoms with Gasteiger partial charge in [0, 0.05) is 39.3 Å². The molecule has 1 spiro atoms. The minimum Gasteiger partial charge on any atom is -0.357 e. The maximum absolute atomic E-state index is 12.0. The molecule has 3 rings (SSSR count). The van der Waals surface area contributed by atoms with Gasteiger partial charge >= 0.3 is 0 Å². The number of likely N-dealkylation sites (tertiary alicyclic amines) is 1. The summed E-state index contributed by atoms with van der Waals surface area (Å²) < 4.78 is 0. The standard InChI is InChI=1S/C22H34N4O.HI/c1-4-23-21(26-15-14-22(17-26)12-6-5-7-13-22)24-16-18-8-10-19(11-9-18)20(27)25(2)3;/h8-11H,4-7,12-17H2,1-3H3,(H,23,24);1H. The van der Waals surface area contributed by atoms with Gasteiger partial charge in [-0.25, -0.2) is 4.99 Å². The van der Waals surface area contributed by atoms with Crippen LogP contribution in [0.4, 0.5) is 0 Å². The number of rotatable bonds is 4. The van der Waals surface area contributed by atoms with E-state index < -0.39 is 0 Å². The second-order valence-corrected chi connectivity index (χ2v) is 8.30. The van der Waals surface area contributed by atoms with Gasteiger partial charge in [-0.1, -0.05) is 31.4 Å². The summed E-state index contributed by atoms with van der Waals surface area (Å²) >= 11 is 0. The fraction of sp³-hybridized carbons (Fsp3) is 0.636. The van der Waals surface area contributed by atoms with Crippen LogP contribution in [-0.4, -0.2) is 55.4 Å². The van der Waals surface area contributed by atoms with Gasteiger partial charge in [-0.15, -0.1) is 24.0 Å². The van der Waals surface area contributed by atoms with E-state index in [2.05, 4.69) is 17.1 Å². The zero-order chi connectivity index (χ0) is 19.3. The van der Waals surface area contributed by atoms with Crippen molar-refractivity contribution >= 4 is 35.8 Å². The molecule has 1 saturated heterocycles. The summed E-state index contributed by atoms with van der Waals surface area (Å²) in [5, 5.41) is 3.48. The molecule has 1 heterocycles. The molecule has 1 N–H and O–H groups in total. The van der Waals surface area contributed by atoms with Crippen molar-refractivity contribution in [2.45, 2.75) is 52.0 Å². The van der Waals surface area contributed by atoms with E-state index in [0.717, 1.165) is 36.7 Å². The van der Waals surface area contributed by atoms with E-state index >= 15 is 0 Å². The summed E-state index contributed by atoms with van der Waals surface area (Å²) in [5.74, 6) is 1.07. The molecule has 2 aliphatic rings. The van der Waals surface area contributed by atoms with E-state index in [1.807, 2.05) is 24.3 Å². The summed E-state index contributed by atoms with van der Waals surface area (Å²) in [5.41, 5.74) is 2.38. The number of amides is 1. The average molecular weight is 498 g/mol. The fourth-order valence-corrected chi connectivity index (χ4v) is 4.43. The molecule has 1 aliphatic heterocycles. The number of nitrogens with one attached hydrogen (secondary N) is 1. The van der Waals surface area contributed by atoms with Gasteiger partial charge in [-0.05, 0) is 49.3 Å². The van der Waals surface area contributed by atoms with Crippen molar-refractivity contribution in [2.24, 2.45) is 10.4 Å². The molecule has 0 atom stereocenters. The summed E-state index contributed by atoms with van der Waals surface area (Å²) in [6.07, 6.45) is 8.24. The molecule has 1 aliphatic carbocycles. The maximum atomic E-state index is 12.0. The Bertz CT molecular complexity index is 666. The lowest BCUT2D eigenvalue weighted by Gasteiger charge is -2.33. The Morgan fingerprint density at radius 2 is 1.82 bits per heavy atom. The minimum atomic E-state index is 0. The number of hydrogen-bond acceptors (Lipinski definition) is 2. The van der Waals surface area contributed by atoms with Crippen LogP contribution in [0, 0.1) is 5.41 Å². The summed E-state index contributed by atoms with van der Waals surface area (Å²) in [6.45, 7) is 5.92. The van der Waals surface area contributed by atoms with Crippen LogP contribution >= 0.6 is 24.0 Å². The van der Waals surface area contributed by atoms with Crippen molar-refractivity contribution in [3.63, 3.8) is 0 Å². The average Bonchev–Trinajstić information content (AvgIpc) is 3.08. The third-order valence-corrected chi connectivity index (χ3v) is 6.01. The van der Waals surface area contributed by atoms with E-state index in [0.29, 0.717) is 12.0 Å². The predicted molar refractivity (Wildman–Crippen MR) is 126 cm³/mol. The van der Waals surface area contributed by atoms with E-state index in [4.69, 9.17) is 4.99 Å². The van der Waals surface area contributed by atoms with Crippen molar-refractivity contribution in [1.29, 1.82) is 0 Å². The number of nitrogens with zero attached hydrogens (tertiary/aromatic N) is 3. The second-order valence-electron chi connectivity index (χ2n) is 8.30. The number of carbonyl (C=O) groups is 1. The van der Waals surface area contributed by atoms with Crippen LogP contribution in [0.25, 0.3) is 0 Å². The molecule has 0 radical (unpaired) electrons. The first-order valence-corrected chi connectivity index (χ1v) is 10.4. The Kier molecular flexibility index (Phi) is 8.58. The van der Waals surface area contributed by atoms with Crippen LogP contribution in [0.3, 0.4) is 0 Å². The summed E-state index contributed by atoms with van der Waals surface area (Å²) in [4.78, 5) is 21.0. The molecule has 6 heteroatoms. The normalized spacial score (nSPS) is 18.7. The fourth-order valence-electron chi connectivity index (χ4n) is 4.43. The largest absolute Gasteiger partial charge is 0.357 e. The van der Waals surface area contributed by atoms with Crippen molar-refractivity contribution in [1.82, 2.24) is 15.1 Å². The highest BCUT2D eigenvalue weighted by molar-refractivity contribution is 14.0. The Balaban J connectivity index is 0.00000280. The van der Waals surface area contributed by atoms with Gasteiger partial charge in [0.05, 0.1) is 6.54 Å². The van der Waals surface area contributed by atoms with Gasteiger partial charge in [-0.3, -0.25) is 4.79 Å². The smallest absolute Gasteiger partial charge is 0.253 e. The van der Waals surface area contributed by atoms with Gasteiger partial charge in [0.1, 0.15) is 0 Å². The van der Waals surface area contributed by atoms with Gasteiger partial charge in [0.15, 0.2) is 5.96 Å². The molecule has 1 aromatic rings. The molecule has 0 unspecified atom stereocenters. The molecule has 1 saturated carbocycles. The highest BCUT2D eigenvalue weighted by Crippen LogP contribution is 2.43. The van der Waals surface area contributed by atoms with Gasteiger partial charge < -0.3 is 15.1 Å². The number of aliphatic imine (C=N–C) groups is 1. The van der Waals surface area contributed by atoms with Crippen LogP contribution in [-0.2, 0) is 6.54 Å². The molecule has 5 nitrogen and oxygen atoms in total. The number of benzene rings is 1. The van der Waals surface area contributed by atoms with E-state index in [9.17, 15) is 4.79 Å². The van der Waals surface area contributed by atoms with Crippen LogP contribution in [0.15, 0.2) is 29.3 Å². The van der Waals surface area contributed by atoms with E-state index in [1.54, 1.807) is 19.0 Å². The lowest BCUT2D eigenvalue weighted by molar-refractivity contribution is 0.0827. The zero-order valence-electron chi connectivity index (χ0n) is 17.5. The van der Waals surface area contributed by atoms with Crippen LogP contribution in [0.1, 0.15) is 61.4 Å². The molecule has 2 fully saturated rings. The number of carbonyl (C=O) groups excluding carboxylic acids is 1. The summed E-state index contributed by atoms with van der Waals surface area (Å²) in [7, 11) is 3.55. The highest BCUT2D eigenvalue weighted by Gasteiger charge is 2.39. The maximum Gasteiger partial charge on any atom is 0.253 e. The van der Waals surface area contributed by atoms with E-state index in [1.165, 1.54) is 38.5 Å². The highest BCUT2D eigenvalue weighted by atomic mass is 127. The molecule has 1 aromatic carbocycles. The Hall–Kier alpha value is -1.31. The first-order chi connectivity index (χ1) is 13.0. The third kappa shape index (κ3) is 5.61. The van der Waals surface area contributed by atoms with Gasteiger partial charge in [-0.2, -0.15) is 0 Å². The number of guanidine groups is 1. The van der Waals surface area contributed by atoms with Crippen molar-refractivity contribution in [2.75, 3.05) is 33.7 Å². The molecular formula is C22H35IN4O. The quantitative estimate of drug-likeness (QED) is 0.386. The van der Waals surface area contributed by atoms with Crippen LogP contribution in [0.2, 0.25) is 0 Å². The van der Waals surface area contributed by atoms with Crippen molar-refractivity contribution < 1.29 is 4.79 Å². The molecule has 0 aromatic heterocycles. The first-order valence-electron chi connectivity index (χ1n) is 10.4. The lowest BCUT2D eigenvalue weighted by Crippen LogP contribution is -2.41. The van der Waals surface area contributed by atoms with Crippen molar-refractivity contribution in [3.8, 4) is 0 Å². The summed E-state index contributed by atoms with van der Waals surface area (Å²) in [6, 6.07) is 7.81. The van der Waals surface area contributed by atoms with Gasteiger partial charge in [0.25, 0.3) is 5.91 Å². The second kappa shape index (κ2) is 10.5. The number of hydrogen-bond donors (Lipinski definition) is 1. The molecule has 1 amide bonds. The van der Waals surface area contributed by atoms with Crippen LogP contribution < -0.4 is 5.32 Å². The predicted octanol–water partition coefficient (Wildman–Crippen LogP) is 4.13. The van der Waals surface area contributed by atoms with E-state index in [-0.39, 0.29) is 29.9 Å². The SMILES string of the molecule is CCNC(=NCc1ccc(C(=O)N(C)C)cc1)N1CCC2(CCCCC2)C1.I. The Labute approximate surface area is 187 Å². The van der Waals surface area contributed by atoms with Gasteiger partial charge in [0.2, 0.25) is 0 Å². The zero-order valence-corrected chi connectivity index (χ0v) is 19.9. The Morgan fingerprint density at radius 1 is 1.14 bits per heavy atom. The molecule has 0 bridgehead atoms. The minimum absolute atomic E-state index is 0. The molecule has 28 heavy (non-hydrogen) atoms. The first kappa shape index (κ1) is 23.0. The van der Waals surface area contributed by atoms with Crippen molar-refractivity contribution in [3.05, 3.63) is 35.4 Å². The lowest BCUT2D eigenvalue weighted by atomic mass is 9.73. The molecular weight excluding hydrogens is 463 g/mol. The topological polar surface area (TPSA) is 47.9 Å². The van der Waals surface area contributed by atoms with Crippen LogP contribution in [0.5, 0.6) is 0 Å². The number of halogens is 1. The monoisotopic (exact) mass is 498 g/mol. The third-order valence-electron chi connectivity index (χ3n) is 6.01. The molecule has 156 valence electrons.